The maximum absolute atomic E-state index is 12.9. The van der Waals surface area contributed by atoms with Crippen molar-refractivity contribution in [2.24, 2.45) is 0 Å². The number of benzene rings is 1. The molecule has 0 aliphatic carbocycles. The van der Waals surface area contributed by atoms with Crippen LogP contribution in [0.1, 0.15) is 44.0 Å². The highest BCUT2D eigenvalue weighted by atomic mass is 32.1. The number of anilines is 1. The summed E-state index contributed by atoms with van der Waals surface area (Å²) in [6.07, 6.45) is -0.0405. The number of methoxy groups -OCH3 is 1. The number of nitrogens with one attached hydrogen (secondary N) is 1. The predicted molar refractivity (Wildman–Crippen MR) is 93.7 cm³/mol. The van der Waals surface area contributed by atoms with Crippen molar-refractivity contribution < 1.29 is 23.5 Å². The van der Waals surface area contributed by atoms with Crippen LogP contribution in [0.2, 0.25) is 0 Å². The van der Waals surface area contributed by atoms with E-state index in [1.807, 2.05) is 6.92 Å². The first-order chi connectivity index (χ1) is 11.8. The molecule has 0 aliphatic heterocycles. The second-order valence-electron chi connectivity index (χ2n) is 5.46. The summed E-state index contributed by atoms with van der Waals surface area (Å²) in [7, 11) is 1.28. The molecule has 132 valence electrons. The quantitative estimate of drug-likeness (QED) is 0.624. The van der Waals surface area contributed by atoms with Crippen LogP contribution in [0.3, 0.4) is 0 Å². The molecule has 0 saturated heterocycles. The molecule has 0 fully saturated rings. The van der Waals surface area contributed by atoms with Gasteiger partial charge in [-0.15, -0.1) is 11.3 Å². The Morgan fingerprint density at radius 3 is 2.36 bits per heavy atom. The van der Waals surface area contributed by atoms with Crippen LogP contribution >= 0.6 is 11.3 Å². The zero-order valence-corrected chi connectivity index (χ0v) is 15.0. The monoisotopic (exact) mass is 363 g/mol. The lowest BCUT2D eigenvalue weighted by molar-refractivity contribution is -0.116. The van der Waals surface area contributed by atoms with Gasteiger partial charge in [0.1, 0.15) is 10.8 Å². The summed E-state index contributed by atoms with van der Waals surface area (Å²) in [4.78, 5) is 36.9. The number of thiophene rings is 1. The van der Waals surface area contributed by atoms with E-state index in [1.54, 1.807) is 6.92 Å². The van der Waals surface area contributed by atoms with Crippen LogP contribution in [0.25, 0.3) is 0 Å². The number of halogens is 1. The summed E-state index contributed by atoms with van der Waals surface area (Å²) in [6.45, 7) is 3.63. The van der Waals surface area contributed by atoms with Crippen LogP contribution < -0.4 is 5.32 Å². The number of hydrogen-bond acceptors (Lipinski definition) is 5. The lowest BCUT2D eigenvalue weighted by Gasteiger charge is -2.06. The minimum atomic E-state index is -0.514. The molecule has 1 N–H and O–H groups in total. The maximum Gasteiger partial charge on any atom is 0.341 e. The van der Waals surface area contributed by atoms with Crippen LogP contribution in [-0.2, 0) is 9.53 Å². The van der Waals surface area contributed by atoms with Crippen LogP contribution in [0.5, 0.6) is 0 Å². The summed E-state index contributed by atoms with van der Waals surface area (Å²) < 4.78 is 17.6. The molecular formula is C18H18FNO4S. The summed E-state index contributed by atoms with van der Waals surface area (Å²) >= 11 is 1.29. The van der Waals surface area contributed by atoms with E-state index in [-0.39, 0.29) is 24.5 Å². The molecule has 0 bridgehead atoms. The molecule has 1 amide bonds. The van der Waals surface area contributed by atoms with Gasteiger partial charge in [0, 0.05) is 23.3 Å². The molecule has 1 aromatic heterocycles. The first-order valence-electron chi connectivity index (χ1n) is 7.60. The Balaban J connectivity index is 2.01. The summed E-state index contributed by atoms with van der Waals surface area (Å²) in [5, 5.41) is 3.09. The van der Waals surface area contributed by atoms with Gasteiger partial charge in [0.05, 0.1) is 12.7 Å². The van der Waals surface area contributed by atoms with Gasteiger partial charge in [-0.05, 0) is 43.7 Å². The third kappa shape index (κ3) is 4.51. The molecule has 25 heavy (non-hydrogen) atoms. The molecule has 2 aromatic rings. The number of carbonyl (C=O) groups is 3. The Morgan fingerprint density at radius 2 is 1.76 bits per heavy atom. The topological polar surface area (TPSA) is 72.5 Å². The number of ketones is 1. The third-order valence-electron chi connectivity index (χ3n) is 3.77. The summed E-state index contributed by atoms with van der Waals surface area (Å²) in [5.41, 5.74) is 1.45. The molecule has 0 aliphatic rings. The van der Waals surface area contributed by atoms with Gasteiger partial charge in [0.2, 0.25) is 5.91 Å². The number of carbonyl (C=O) groups excluding carboxylic acids is 3. The average Bonchev–Trinajstić information content (AvgIpc) is 2.86. The molecule has 0 radical (unpaired) electrons. The summed E-state index contributed by atoms with van der Waals surface area (Å²) in [6, 6.07) is 5.17. The number of hydrogen-bond donors (Lipinski definition) is 1. The van der Waals surface area contributed by atoms with Crippen molar-refractivity contribution in [3.63, 3.8) is 0 Å². The van der Waals surface area contributed by atoms with Crippen LogP contribution in [0, 0.1) is 19.7 Å². The van der Waals surface area contributed by atoms with Gasteiger partial charge in [-0.3, -0.25) is 9.59 Å². The maximum atomic E-state index is 12.9. The van der Waals surface area contributed by atoms with Gasteiger partial charge in [-0.1, -0.05) is 0 Å². The number of Topliss-reactive ketones (excluding diaryl/α,β-unsaturated/α-hetero) is 1. The van der Waals surface area contributed by atoms with Crippen molar-refractivity contribution >= 4 is 34.0 Å². The standard InChI is InChI=1S/C18H18FNO4S/c1-10-11(2)25-17(16(10)18(23)24-3)20-15(22)9-8-14(21)12-4-6-13(19)7-5-12/h4-7H,8-9H2,1-3H3,(H,20,22). The fourth-order valence-electron chi connectivity index (χ4n) is 2.26. The van der Waals surface area contributed by atoms with Crippen LogP contribution in [0.15, 0.2) is 24.3 Å². The molecule has 0 unspecified atom stereocenters. The predicted octanol–water partition coefficient (Wildman–Crippen LogP) is 3.89. The second-order valence-corrected chi connectivity index (χ2v) is 6.68. The van der Waals surface area contributed by atoms with Crippen molar-refractivity contribution in [2.45, 2.75) is 26.7 Å². The highest BCUT2D eigenvalue weighted by Gasteiger charge is 2.21. The first kappa shape index (κ1) is 18.8. The van der Waals surface area contributed by atoms with E-state index < -0.39 is 11.8 Å². The van der Waals surface area contributed by atoms with E-state index in [9.17, 15) is 18.8 Å². The van der Waals surface area contributed by atoms with Crippen LogP contribution in [-0.4, -0.2) is 24.8 Å². The van der Waals surface area contributed by atoms with Crippen LogP contribution in [0.4, 0.5) is 9.39 Å². The zero-order chi connectivity index (χ0) is 18.6. The minimum absolute atomic E-state index is 0.00559. The first-order valence-corrected chi connectivity index (χ1v) is 8.42. The Bertz CT molecular complexity index is 811. The molecule has 0 saturated carbocycles. The van der Waals surface area contributed by atoms with Gasteiger partial charge in [-0.2, -0.15) is 0 Å². The molecule has 1 aromatic carbocycles. The zero-order valence-electron chi connectivity index (χ0n) is 14.1. The molecule has 0 atom stereocenters. The molecule has 1 heterocycles. The number of rotatable bonds is 6. The number of esters is 1. The molecular weight excluding hydrogens is 345 g/mol. The average molecular weight is 363 g/mol. The smallest absolute Gasteiger partial charge is 0.341 e. The van der Waals surface area contributed by atoms with Crippen molar-refractivity contribution in [2.75, 3.05) is 12.4 Å². The van der Waals surface area contributed by atoms with E-state index in [0.717, 1.165) is 10.4 Å². The minimum Gasteiger partial charge on any atom is -0.465 e. The third-order valence-corrected chi connectivity index (χ3v) is 4.90. The van der Waals surface area contributed by atoms with Crippen molar-refractivity contribution in [1.29, 1.82) is 0 Å². The highest BCUT2D eigenvalue weighted by molar-refractivity contribution is 7.16. The van der Waals surface area contributed by atoms with Gasteiger partial charge >= 0.3 is 5.97 Å². The van der Waals surface area contributed by atoms with Gasteiger partial charge in [0.25, 0.3) is 0 Å². The molecule has 0 spiro atoms. The largest absolute Gasteiger partial charge is 0.465 e. The number of amides is 1. The molecule has 2 rings (SSSR count). The van der Waals surface area contributed by atoms with E-state index in [4.69, 9.17) is 4.74 Å². The van der Waals surface area contributed by atoms with E-state index in [1.165, 1.54) is 42.7 Å². The lowest BCUT2D eigenvalue weighted by Crippen LogP contribution is -2.15. The fraction of sp³-hybridized carbons (Fsp3) is 0.278. The van der Waals surface area contributed by atoms with Gasteiger partial charge in [0.15, 0.2) is 5.78 Å². The van der Waals surface area contributed by atoms with Gasteiger partial charge < -0.3 is 10.1 Å². The Hall–Kier alpha value is -2.54. The SMILES string of the molecule is COC(=O)c1c(NC(=O)CCC(=O)c2ccc(F)cc2)sc(C)c1C. The molecule has 7 heteroatoms. The Kier molecular flexibility index (Phi) is 6.03. The van der Waals surface area contributed by atoms with Crippen molar-refractivity contribution in [3.8, 4) is 0 Å². The van der Waals surface area contributed by atoms with Crippen molar-refractivity contribution in [3.05, 3.63) is 51.7 Å². The summed E-state index contributed by atoms with van der Waals surface area (Å²) in [5.74, 6) is -1.56. The van der Waals surface area contributed by atoms with E-state index >= 15 is 0 Å². The Labute approximate surface area is 148 Å². The van der Waals surface area contributed by atoms with Crippen molar-refractivity contribution in [1.82, 2.24) is 0 Å². The Morgan fingerprint density at radius 1 is 1.12 bits per heavy atom. The lowest BCUT2D eigenvalue weighted by atomic mass is 10.1. The number of aryl methyl sites for hydroxylation is 1. The number of ether oxygens (including phenoxy) is 1. The van der Waals surface area contributed by atoms with E-state index in [2.05, 4.69) is 5.32 Å². The highest BCUT2D eigenvalue weighted by Crippen LogP contribution is 2.33. The van der Waals surface area contributed by atoms with E-state index in [0.29, 0.717) is 16.1 Å². The fourth-order valence-corrected chi connectivity index (χ4v) is 3.32. The second kappa shape index (κ2) is 8.02. The normalized spacial score (nSPS) is 10.4. The molecule has 5 nitrogen and oxygen atoms in total. The van der Waals surface area contributed by atoms with Gasteiger partial charge in [-0.25, -0.2) is 9.18 Å².